The number of carbonyl (C=O) groups excluding carboxylic acids is 2. The Labute approximate surface area is 163 Å². The van der Waals surface area contributed by atoms with E-state index in [1.807, 2.05) is 0 Å². The molecule has 2 heterocycles. The molecule has 0 aliphatic carbocycles. The molecule has 0 aliphatic heterocycles. The molecule has 0 spiro atoms. The standard InChI is InChI=1S/C16H12F6N4O4/c17-15(18,19)13(23,9-5-1-3-7-25-9)29-11(27)12(28)30-14(24,16(20,21)22)10-6-2-4-8-26-10/h1-8H,23-24H2/t13-,14-/m1/s1. The van der Waals surface area contributed by atoms with Crippen molar-refractivity contribution in [1.29, 1.82) is 0 Å². The third-order valence-corrected chi connectivity index (χ3v) is 3.61. The minimum Gasteiger partial charge on any atom is -0.420 e. The van der Waals surface area contributed by atoms with Crippen LogP contribution in [-0.4, -0.2) is 34.3 Å². The smallest absolute Gasteiger partial charge is 0.420 e. The second-order valence-electron chi connectivity index (χ2n) is 5.68. The van der Waals surface area contributed by atoms with Crippen LogP contribution in [0.15, 0.2) is 48.8 Å². The zero-order valence-corrected chi connectivity index (χ0v) is 14.6. The minimum atomic E-state index is -5.50. The first-order chi connectivity index (χ1) is 13.7. The number of alkyl halides is 6. The van der Waals surface area contributed by atoms with E-state index in [1.54, 1.807) is 0 Å². The van der Waals surface area contributed by atoms with Gasteiger partial charge in [-0.15, -0.1) is 0 Å². The Morgan fingerprint density at radius 3 is 1.27 bits per heavy atom. The first-order valence-electron chi connectivity index (χ1n) is 7.73. The van der Waals surface area contributed by atoms with Gasteiger partial charge in [0.25, 0.3) is 0 Å². The molecule has 0 unspecified atom stereocenters. The Balaban J connectivity index is 2.35. The quantitative estimate of drug-likeness (QED) is 0.319. The summed E-state index contributed by atoms with van der Waals surface area (Å²) in [5.41, 5.74) is 0.190. The van der Waals surface area contributed by atoms with Crippen LogP contribution >= 0.6 is 0 Å². The number of ether oxygens (including phenoxy) is 2. The highest BCUT2D eigenvalue weighted by Crippen LogP contribution is 2.39. The normalized spacial score (nSPS) is 16.1. The predicted molar refractivity (Wildman–Crippen MR) is 84.5 cm³/mol. The molecule has 0 radical (unpaired) electrons. The Kier molecular flexibility index (Phi) is 6.04. The van der Waals surface area contributed by atoms with E-state index in [1.165, 1.54) is 12.1 Å². The number of halogens is 6. The fourth-order valence-electron chi connectivity index (χ4n) is 2.05. The van der Waals surface area contributed by atoms with Gasteiger partial charge in [-0.3, -0.25) is 21.4 Å². The van der Waals surface area contributed by atoms with E-state index >= 15 is 0 Å². The second-order valence-corrected chi connectivity index (χ2v) is 5.68. The van der Waals surface area contributed by atoms with Gasteiger partial charge in [-0.1, -0.05) is 12.1 Å². The summed E-state index contributed by atoms with van der Waals surface area (Å²) in [7, 11) is 0. The maximum absolute atomic E-state index is 13.4. The van der Waals surface area contributed by atoms with Crippen LogP contribution in [0.1, 0.15) is 11.4 Å². The lowest BCUT2D eigenvalue weighted by atomic mass is 10.1. The van der Waals surface area contributed by atoms with E-state index in [-0.39, 0.29) is 0 Å². The van der Waals surface area contributed by atoms with Gasteiger partial charge in [0, 0.05) is 12.4 Å². The summed E-state index contributed by atoms with van der Waals surface area (Å²) < 4.78 is 88.3. The topological polar surface area (TPSA) is 130 Å². The Hall–Kier alpha value is -3.26. The number of hydrogen-bond acceptors (Lipinski definition) is 8. The Morgan fingerprint density at radius 2 is 1.03 bits per heavy atom. The maximum Gasteiger partial charge on any atom is 0.449 e. The third-order valence-electron chi connectivity index (χ3n) is 3.61. The molecule has 0 amide bonds. The van der Waals surface area contributed by atoms with Gasteiger partial charge in [0.2, 0.25) is 0 Å². The molecule has 0 aliphatic rings. The van der Waals surface area contributed by atoms with E-state index < -0.39 is 47.1 Å². The molecule has 0 saturated carbocycles. The van der Waals surface area contributed by atoms with Crippen LogP contribution in [0, 0.1) is 0 Å². The molecule has 162 valence electrons. The first kappa shape index (κ1) is 23.0. The SMILES string of the molecule is N[C@@](OC(=O)C(=O)O[C@](N)(c1ccccn1)C(F)(F)F)(c1ccccn1)C(F)(F)F. The lowest BCUT2D eigenvalue weighted by Crippen LogP contribution is -2.57. The van der Waals surface area contributed by atoms with E-state index in [0.29, 0.717) is 0 Å². The lowest BCUT2D eigenvalue weighted by molar-refractivity contribution is -0.287. The van der Waals surface area contributed by atoms with Crippen LogP contribution in [0.3, 0.4) is 0 Å². The number of pyridine rings is 2. The molecule has 2 rings (SSSR count). The average Bonchev–Trinajstić information content (AvgIpc) is 2.67. The Bertz CT molecular complexity index is 834. The van der Waals surface area contributed by atoms with Gasteiger partial charge in [-0.25, -0.2) is 9.59 Å². The van der Waals surface area contributed by atoms with Crippen molar-refractivity contribution in [2.75, 3.05) is 0 Å². The maximum atomic E-state index is 13.4. The lowest BCUT2D eigenvalue weighted by Gasteiger charge is -2.32. The molecule has 0 bridgehead atoms. The van der Waals surface area contributed by atoms with E-state index in [0.717, 1.165) is 36.7 Å². The summed E-state index contributed by atoms with van der Waals surface area (Å²) in [6.45, 7) is 0. The van der Waals surface area contributed by atoms with Gasteiger partial charge < -0.3 is 9.47 Å². The molecule has 0 aromatic carbocycles. The molecule has 2 atom stereocenters. The van der Waals surface area contributed by atoms with Gasteiger partial charge in [-0.2, -0.15) is 26.3 Å². The number of rotatable bonds is 4. The van der Waals surface area contributed by atoms with E-state index in [4.69, 9.17) is 11.5 Å². The molecule has 8 nitrogen and oxygen atoms in total. The van der Waals surface area contributed by atoms with Crippen molar-refractivity contribution >= 4 is 11.9 Å². The fraction of sp³-hybridized carbons (Fsp3) is 0.250. The second kappa shape index (κ2) is 7.87. The van der Waals surface area contributed by atoms with Crippen LogP contribution in [-0.2, 0) is 30.5 Å². The number of aromatic nitrogens is 2. The van der Waals surface area contributed by atoms with Crippen LogP contribution in [0.4, 0.5) is 26.3 Å². The molecule has 14 heteroatoms. The average molecular weight is 438 g/mol. The van der Waals surface area contributed by atoms with E-state index in [2.05, 4.69) is 19.4 Å². The van der Waals surface area contributed by atoms with Gasteiger partial charge in [0.05, 0.1) is 0 Å². The van der Waals surface area contributed by atoms with Crippen LogP contribution in [0.25, 0.3) is 0 Å². The van der Waals surface area contributed by atoms with Crippen molar-refractivity contribution in [3.63, 3.8) is 0 Å². The van der Waals surface area contributed by atoms with Crippen LogP contribution < -0.4 is 11.5 Å². The van der Waals surface area contributed by atoms with Crippen molar-refractivity contribution < 1.29 is 45.4 Å². The molecule has 30 heavy (non-hydrogen) atoms. The van der Waals surface area contributed by atoms with Gasteiger partial charge in [0.1, 0.15) is 11.4 Å². The van der Waals surface area contributed by atoms with Crippen molar-refractivity contribution in [3.8, 4) is 0 Å². The number of carbonyl (C=O) groups is 2. The largest absolute Gasteiger partial charge is 0.449 e. The van der Waals surface area contributed by atoms with Crippen molar-refractivity contribution in [2.24, 2.45) is 11.5 Å². The highest BCUT2D eigenvalue weighted by Gasteiger charge is 2.61. The summed E-state index contributed by atoms with van der Waals surface area (Å²) in [5.74, 6) is -4.98. The van der Waals surface area contributed by atoms with E-state index in [9.17, 15) is 35.9 Å². The molecule has 4 N–H and O–H groups in total. The van der Waals surface area contributed by atoms with Crippen molar-refractivity contribution in [2.45, 2.75) is 23.8 Å². The monoisotopic (exact) mass is 438 g/mol. The molecule has 0 saturated heterocycles. The Morgan fingerprint density at radius 1 is 0.700 bits per heavy atom. The summed E-state index contributed by atoms with van der Waals surface area (Å²) >= 11 is 0. The van der Waals surface area contributed by atoms with Gasteiger partial charge in [-0.05, 0) is 24.3 Å². The van der Waals surface area contributed by atoms with Crippen LogP contribution in [0.2, 0.25) is 0 Å². The fourth-order valence-corrected chi connectivity index (χ4v) is 2.05. The van der Waals surface area contributed by atoms with Crippen molar-refractivity contribution in [1.82, 2.24) is 9.97 Å². The summed E-state index contributed by atoms with van der Waals surface area (Å²) in [6, 6.07) is 6.02. The highest BCUT2D eigenvalue weighted by atomic mass is 19.4. The molecule has 2 aromatic heterocycles. The van der Waals surface area contributed by atoms with Crippen molar-refractivity contribution in [3.05, 3.63) is 60.2 Å². The number of nitrogens with two attached hydrogens (primary N) is 2. The highest BCUT2D eigenvalue weighted by molar-refractivity contribution is 6.29. The minimum absolute atomic E-state index is 0.725. The van der Waals surface area contributed by atoms with Crippen LogP contribution in [0.5, 0.6) is 0 Å². The zero-order valence-electron chi connectivity index (χ0n) is 14.6. The summed E-state index contributed by atoms with van der Waals surface area (Å²) in [4.78, 5) is 30.3. The number of nitrogens with zero attached hydrogens (tertiary/aromatic N) is 2. The summed E-state index contributed by atoms with van der Waals surface area (Å²) in [5, 5.41) is 0. The zero-order chi connectivity index (χ0) is 22.8. The van der Waals surface area contributed by atoms with Gasteiger partial charge in [0.15, 0.2) is 0 Å². The number of hydrogen-bond donors (Lipinski definition) is 2. The first-order valence-corrected chi connectivity index (χ1v) is 7.73. The molecular formula is C16H12F6N4O4. The van der Waals surface area contributed by atoms with Gasteiger partial charge >= 0.3 is 35.7 Å². The molecule has 2 aromatic rings. The number of esters is 2. The predicted octanol–water partition coefficient (Wildman–Crippen LogP) is 1.61. The molecular weight excluding hydrogens is 426 g/mol. The summed E-state index contributed by atoms with van der Waals surface area (Å²) in [6.07, 6.45) is -9.24. The third kappa shape index (κ3) is 4.33. The molecule has 0 fully saturated rings.